The molecule has 0 spiro atoms. The predicted molar refractivity (Wildman–Crippen MR) is 63.5 cm³/mol. The molecule has 0 aliphatic carbocycles. The molecule has 1 heterocycles. The molecule has 0 fully saturated rings. The second-order valence-electron chi connectivity index (χ2n) is 3.86. The maximum atomic E-state index is 5.86. The topological polar surface area (TPSA) is 38.9 Å². The summed E-state index contributed by atoms with van der Waals surface area (Å²) >= 11 is 5.86. The lowest BCUT2D eigenvalue weighted by Gasteiger charge is -2.01. The molecule has 1 aromatic carbocycles. The van der Waals surface area contributed by atoms with Crippen LogP contribution in [-0.4, -0.2) is 10.2 Å². The van der Waals surface area contributed by atoms with Crippen LogP contribution in [0.3, 0.4) is 0 Å². The van der Waals surface area contributed by atoms with E-state index in [9.17, 15) is 0 Å². The minimum atomic E-state index is -0.257. The van der Waals surface area contributed by atoms with Crippen molar-refractivity contribution in [1.82, 2.24) is 10.2 Å². The van der Waals surface area contributed by atoms with Gasteiger partial charge < -0.3 is 4.42 Å². The highest BCUT2D eigenvalue weighted by Crippen LogP contribution is 2.24. The van der Waals surface area contributed by atoms with Gasteiger partial charge in [0.1, 0.15) is 5.38 Å². The van der Waals surface area contributed by atoms with Gasteiger partial charge in [-0.3, -0.25) is 0 Å². The third kappa shape index (κ3) is 2.09. The second-order valence-corrected chi connectivity index (χ2v) is 4.52. The quantitative estimate of drug-likeness (QED) is 0.747. The van der Waals surface area contributed by atoms with Crippen molar-refractivity contribution in [2.24, 2.45) is 0 Å². The highest BCUT2D eigenvalue weighted by molar-refractivity contribution is 6.20. The number of aromatic nitrogens is 2. The number of rotatable bonds is 2. The average molecular weight is 237 g/mol. The van der Waals surface area contributed by atoms with Crippen LogP contribution in [0.15, 0.2) is 22.6 Å². The first-order valence-corrected chi connectivity index (χ1v) is 5.56. The van der Waals surface area contributed by atoms with E-state index in [-0.39, 0.29) is 5.38 Å². The number of benzene rings is 1. The first kappa shape index (κ1) is 11.1. The third-order valence-electron chi connectivity index (χ3n) is 2.53. The summed E-state index contributed by atoms with van der Waals surface area (Å²) in [6.45, 7) is 5.93. The Hall–Kier alpha value is -1.35. The fourth-order valence-electron chi connectivity index (χ4n) is 1.39. The highest BCUT2D eigenvalue weighted by atomic mass is 35.5. The largest absolute Gasteiger partial charge is 0.419 e. The van der Waals surface area contributed by atoms with E-state index >= 15 is 0 Å². The molecule has 0 aliphatic heterocycles. The number of halogens is 1. The van der Waals surface area contributed by atoms with E-state index in [4.69, 9.17) is 16.0 Å². The van der Waals surface area contributed by atoms with Crippen LogP contribution in [0.25, 0.3) is 11.5 Å². The zero-order valence-corrected chi connectivity index (χ0v) is 10.2. The molecule has 0 saturated heterocycles. The Morgan fingerprint density at radius 2 is 1.94 bits per heavy atom. The Kier molecular flexibility index (Phi) is 2.97. The molecule has 1 aromatic heterocycles. The van der Waals surface area contributed by atoms with E-state index in [1.807, 2.05) is 18.2 Å². The van der Waals surface area contributed by atoms with Crippen LogP contribution in [0.1, 0.15) is 29.3 Å². The summed E-state index contributed by atoms with van der Waals surface area (Å²) in [5.74, 6) is 0.973. The van der Waals surface area contributed by atoms with Crippen molar-refractivity contribution in [3.63, 3.8) is 0 Å². The summed E-state index contributed by atoms with van der Waals surface area (Å²) in [6.07, 6.45) is 0. The monoisotopic (exact) mass is 236 g/mol. The fourth-order valence-corrected chi connectivity index (χ4v) is 1.47. The van der Waals surface area contributed by atoms with Gasteiger partial charge in [-0.1, -0.05) is 6.07 Å². The minimum absolute atomic E-state index is 0.257. The van der Waals surface area contributed by atoms with E-state index < -0.39 is 0 Å². The molecule has 0 unspecified atom stereocenters. The molecular weight excluding hydrogens is 224 g/mol. The van der Waals surface area contributed by atoms with Crippen molar-refractivity contribution in [3.05, 3.63) is 35.2 Å². The Morgan fingerprint density at radius 3 is 2.50 bits per heavy atom. The molecule has 0 amide bonds. The number of hydrogen-bond donors (Lipinski definition) is 0. The van der Waals surface area contributed by atoms with Crippen LogP contribution in [0.5, 0.6) is 0 Å². The summed E-state index contributed by atoms with van der Waals surface area (Å²) < 4.78 is 5.47. The van der Waals surface area contributed by atoms with Crippen LogP contribution in [0.2, 0.25) is 0 Å². The van der Waals surface area contributed by atoms with E-state index in [1.165, 1.54) is 11.1 Å². The normalized spacial score (nSPS) is 12.8. The molecule has 2 aromatic rings. The average Bonchev–Trinajstić information content (AvgIpc) is 2.71. The second kappa shape index (κ2) is 4.26. The molecule has 0 radical (unpaired) electrons. The van der Waals surface area contributed by atoms with Crippen LogP contribution < -0.4 is 0 Å². The highest BCUT2D eigenvalue weighted by Gasteiger charge is 2.12. The standard InChI is InChI=1S/C12H13ClN2O/c1-7-4-5-10(6-8(7)2)12-15-14-11(16-12)9(3)13/h4-6,9H,1-3H3/t9-/m0/s1. The molecule has 0 bridgehead atoms. The molecule has 1 atom stereocenters. The summed E-state index contributed by atoms with van der Waals surface area (Å²) in [5.41, 5.74) is 3.38. The van der Waals surface area contributed by atoms with Gasteiger partial charge in [-0.05, 0) is 44.0 Å². The Morgan fingerprint density at radius 1 is 1.19 bits per heavy atom. The number of hydrogen-bond acceptors (Lipinski definition) is 3. The molecular formula is C12H13ClN2O. The van der Waals surface area contributed by atoms with Crippen LogP contribution in [0, 0.1) is 13.8 Å². The van der Waals surface area contributed by atoms with E-state index in [0.29, 0.717) is 11.8 Å². The first-order valence-electron chi connectivity index (χ1n) is 5.13. The van der Waals surface area contributed by atoms with Crippen molar-refractivity contribution in [3.8, 4) is 11.5 Å². The molecule has 0 aliphatic rings. The van der Waals surface area contributed by atoms with Crippen LogP contribution in [-0.2, 0) is 0 Å². The van der Waals surface area contributed by atoms with Gasteiger partial charge in [0.25, 0.3) is 0 Å². The van der Waals surface area contributed by atoms with Crippen LogP contribution >= 0.6 is 11.6 Å². The van der Waals surface area contributed by atoms with Gasteiger partial charge in [-0.15, -0.1) is 21.8 Å². The summed E-state index contributed by atoms with van der Waals surface area (Å²) in [6, 6.07) is 6.04. The van der Waals surface area contributed by atoms with Crippen molar-refractivity contribution in [2.75, 3.05) is 0 Å². The third-order valence-corrected chi connectivity index (χ3v) is 2.72. The lowest BCUT2D eigenvalue weighted by atomic mass is 10.1. The van der Waals surface area contributed by atoms with Gasteiger partial charge in [0.2, 0.25) is 11.8 Å². The van der Waals surface area contributed by atoms with Crippen molar-refractivity contribution >= 4 is 11.6 Å². The lowest BCUT2D eigenvalue weighted by molar-refractivity contribution is 0.507. The molecule has 16 heavy (non-hydrogen) atoms. The minimum Gasteiger partial charge on any atom is -0.419 e. The zero-order chi connectivity index (χ0) is 11.7. The molecule has 2 rings (SSSR count). The maximum Gasteiger partial charge on any atom is 0.247 e. The number of nitrogens with zero attached hydrogens (tertiary/aromatic N) is 2. The first-order chi connectivity index (χ1) is 7.58. The maximum absolute atomic E-state index is 5.86. The molecule has 3 nitrogen and oxygen atoms in total. The lowest BCUT2D eigenvalue weighted by Crippen LogP contribution is -1.83. The van der Waals surface area contributed by atoms with Gasteiger partial charge in [0.15, 0.2) is 0 Å². The van der Waals surface area contributed by atoms with Crippen molar-refractivity contribution < 1.29 is 4.42 Å². The van der Waals surface area contributed by atoms with E-state index in [1.54, 1.807) is 6.92 Å². The van der Waals surface area contributed by atoms with Crippen molar-refractivity contribution in [2.45, 2.75) is 26.1 Å². The summed E-state index contributed by atoms with van der Waals surface area (Å²) in [5, 5.41) is 7.62. The smallest absolute Gasteiger partial charge is 0.247 e. The van der Waals surface area contributed by atoms with Crippen molar-refractivity contribution in [1.29, 1.82) is 0 Å². The molecule has 84 valence electrons. The Labute approximate surface area is 99.5 Å². The SMILES string of the molecule is Cc1ccc(-c2nnc([C@H](C)Cl)o2)cc1C. The Balaban J connectivity index is 2.39. The van der Waals surface area contributed by atoms with E-state index in [2.05, 4.69) is 24.0 Å². The van der Waals surface area contributed by atoms with Gasteiger partial charge in [0, 0.05) is 5.56 Å². The number of alkyl halides is 1. The van der Waals surface area contributed by atoms with E-state index in [0.717, 1.165) is 5.56 Å². The predicted octanol–water partition coefficient (Wildman–Crippen LogP) is 3.65. The van der Waals surface area contributed by atoms with Gasteiger partial charge in [0.05, 0.1) is 0 Å². The molecule has 0 saturated carbocycles. The molecule has 4 heteroatoms. The van der Waals surface area contributed by atoms with Gasteiger partial charge in [-0.25, -0.2) is 0 Å². The molecule has 0 N–H and O–H groups in total. The van der Waals surface area contributed by atoms with Gasteiger partial charge >= 0.3 is 0 Å². The Bertz CT molecular complexity index is 505. The number of aryl methyl sites for hydroxylation is 2. The van der Waals surface area contributed by atoms with Gasteiger partial charge in [-0.2, -0.15) is 0 Å². The summed E-state index contributed by atoms with van der Waals surface area (Å²) in [7, 11) is 0. The van der Waals surface area contributed by atoms with Crippen LogP contribution in [0.4, 0.5) is 0 Å². The summed E-state index contributed by atoms with van der Waals surface area (Å²) in [4.78, 5) is 0. The zero-order valence-electron chi connectivity index (χ0n) is 9.49. The fraction of sp³-hybridized carbons (Fsp3) is 0.333.